The molecule has 0 unspecified atom stereocenters. The smallest absolute Gasteiger partial charge is 0.406 e. The number of nitrogens with one attached hydrogen (secondary N) is 2. The molecule has 1 heterocycles. The summed E-state index contributed by atoms with van der Waals surface area (Å²) in [5, 5.41) is 8.64. The van der Waals surface area contributed by atoms with Crippen molar-refractivity contribution in [1.82, 2.24) is 15.2 Å². The molecule has 0 aliphatic heterocycles. The fraction of sp³-hybridized carbons (Fsp3) is 0.360. The number of hydrogen-bond donors (Lipinski definition) is 2. The monoisotopic (exact) mass is 540 g/mol. The lowest BCUT2D eigenvalue weighted by molar-refractivity contribution is -0.274. The molecule has 0 saturated carbocycles. The average Bonchev–Trinajstić information content (AvgIpc) is 3.23. The fourth-order valence-corrected chi connectivity index (χ4v) is 4.51. The van der Waals surface area contributed by atoms with E-state index in [0.29, 0.717) is 44.2 Å². The Morgan fingerprint density at radius 3 is 2.50 bits per heavy atom. The molecule has 1 aromatic heterocycles. The molecule has 3 rings (SSSR count). The molecular formula is C25H28ClF3N4O2S. The van der Waals surface area contributed by atoms with Gasteiger partial charge in [-0.25, -0.2) is 0 Å². The van der Waals surface area contributed by atoms with Crippen LogP contribution in [0, 0.1) is 0 Å². The molecule has 3 aromatic rings. The molecular weight excluding hydrogens is 513 g/mol. The van der Waals surface area contributed by atoms with Crippen LogP contribution in [0.5, 0.6) is 5.75 Å². The Morgan fingerprint density at radius 2 is 1.83 bits per heavy atom. The molecule has 6 nitrogen and oxygen atoms in total. The van der Waals surface area contributed by atoms with Crippen molar-refractivity contribution >= 4 is 28.8 Å². The summed E-state index contributed by atoms with van der Waals surface area (Å²) in [4.78, 5) is 17.1. The lowest BCUT2D eigenvalue weighted by atomic mass is 10.1. The third-order valence-corrected chi connectivity index (χ3v) is 6.28. The summed E-state index contributed by atoms with van der Waals surface area (Å²) in [7, 11) is 0. The normalized spacial score (nSPS) is 12.1. The van der Waals surface area contributed by atoms with Crippen LogP contribution in [0.3, 0.4) is 0 Å². The van der Waals surface area contributed by atoms with Gasteiger partial charge in [0.2, 0.25) is 5.91 Å². The number of hydrogen-bond acceptors (Lipinski definition) is 5. The number of halogens is 4. The van der Waals surface area contributed by atoms with Crippen LogP contribution < -0.4 is 20.2 Å². The maximum Gasteiger partial charge on any atom is 0.573 e. The number of amides is 1. The van der Waals surface area contributed by atoms with Crippen LogP contribution in [0.15, 0.2) is 58.9 Å². The highest BCUT2D eigenvalue weighted by Gasteiger charge is 2.31. The first-order valence-corrected chi connectivity index (χ1v) is 12.8. The number of nitrogens with zero attached hydrogens (tertiary/aromatic N) is 2. The number of carbonyl (C=O) groups excluding carboxylic acids is 1. The first-order valence-electron chi connectivity index (χ1n) is 11.5. The van der Waals surface area contributed by atoms with E-state index in [1.165, 1.54) is 23.5 Å². The van der Waals surface area contributed by atoms with Gasteiger partial charge in [0.25, 0.3) is 0 Å². The van der Waals surface area contributed by atoms with Gasteiger partial charge in [-0.2, -0.15) is 0 Å². The Hall–Kier alpha value is -2.82. The number of rotatable bonds is 12. The number of ether oxygens (including phenoxy) is 1. The highest BCUT2D eigenvalue weighted by Crippen LogP contribution is 2.27. The van der Waals surface area contributed by atoms with Crippen LogP contribution in [-0.4, -0.2) is 36.5 Å². The van der Waals surface area contributed by atoms with Crippen molar-refractivity contribution in [1.29, 1.82) is 0 Å². The molecule has 0 radical (unpaired) electrons. The topological polar surface area (TPSA) is 67.7 Å². The third-order valence-electron chi connectivity index (χ3n) is 5.13. The standard InChI is InChI=1S/C25H28ClF3N4O2S/c1-2-31-23(34)12-14-30-13-3-15-33-22(19-6-10-21(11-7-19)35-25(27,28)29)17-36-24(33)32-16-18-4-8-20(26)9-5-18/h4-11,17,30H,2-3,12-16H2,1H3,(H,31,34)/b32-24-. The van der Waals surface area contributed by atoms with Gasteiger partial charge in [-0.1, -0.05) is 23.7 Å². The Labute approximate surface area is 216 Å². The van der Waals surface area contributed by atoms with Crippen LogP contribution in [0.4, 0.5) is 13.2 Å². The van der Waals surface area contributed by atoms with Crippen molar-refractivity contribution < 1.29 is 22.7 Å². The van der Waals surface area contributed by atoms with E-state index in [1.54, 1.807) is 12.1 Å². The maximum atomic E-state index is 12.5. The molecule has 0 aliphatic carbocycles. The van der Waals surface area contributed by atoms with Gasteiger partial charge in [0.15, 0.2) is 4.80 Å². The molecule has 36 heavy (non-hydrogen) atoms. The van der Waals surface area contributed by atoms with Crippen molar-refractivity contribution in [2.24, 2.45) is 4.99 Å². The van der Waals surface area contributed by atoms with Crippen LogP contribution in [0.2, 0.25) is 5.02 Å². The summed E-state index contributed by atoms with van der Waals surface area (Å²) in [5.41, 5.74) is 2.63. The zero-order valence-electron chi connectivity index (χ0n) is 19.8. The highest BCUT2D eigenvalue weighted by molar-refractivity contribution is 7.07. The summed E-state index contributed by atoms with van der Waals surface area (Å²) in [6.45, 7) is 4.90. The minimum Gasteiger partial charge on any atom is -0.406 e. The number of benzene rings is 2. The van der Waals surface area contributed by atoms with Gasteiger partial charge in [-0.3, -0.25) is 9.79 Å². The van der Waals surface area contributed by atoms with E-state index in [2.05, 4.69) is 19.9 Å². The van der Waals surface area contributed by atoms with Crippen LogP contribution in [0.1, 0.15) is 25.3 Å². The Kier molecular flexibility index (Phi) is 10.4. The lowest BCUT2D eigenvalue weighted by Gasteiger charge is -2.12. The molecule has 0 atom stereocenters. The van der Waals surface area contributed by atoms with Crippen molar-refractivity contribution in [3.05, 3.63) is 69.3 Å². The zero-order valence-corrected chi connectivity index (χ0v) is 21.3. The minimum absolute atomic E-state index is 0.0146. The summed E-state index contributed by atoms with van der Waals surface area (Å²) >= 11 is 7.44. The van der Waals surface area contributed by atoms with E-state index < -0.39 is 6.36 Å². The number of thiazole rings is 1. The lowest BCUT2D eigenvalue weighted by Crippen LogP contribution is -2.28. The molecule has 2 N–H and O–H groups in total. The van der Waals surface area contributed by atoms with E-state index >= 15 is 0 Å². The van der Waals surface area contributed by atoms with Crippen LogP contribution >= 0.6 is 22.9 Å². The molecule has 0 saturated heterocycles. The Balaban J connectivity index is 1.74. The Bertz CT molecular complexity index is 1180. The molecule has 0 spiro atoms. The van der Waals surface area contributed by atoms with E-state index in [4.69, 9.17) is 16.6 Å². The highest BCUT2D eigenvalue weighted by atomic mass is 35.5. The second-order valence-electron chi connectivity index (χ2n) is 7.88. The van der Waals surface area contributed by atoms with Gasteiger partial charge in [-0.15, -0.1) is 24.5 Å². The van der Waals surface area contributed by atoms with E-state index in [0.717, 1.165) is 28.0 Å². The molecule has 1 amide bonds. The summed E-state index contributed by atoms with van der Waals surface area (Å²) in [6.07, 6.45) is -3.54. The van der Waals surface area contributed by atoms with Gasteiger partial charge >= 0.3 is 6.36 Å². The third kappa shape index (κ3) is 9.00. The van der Waals surface area contributed by atoms with Gasteiger partial charge in [0, 0.05) is 36.5 Å². The molecule has 0 bridgehead atoms. The molecule has 194 valence electrons. The van der Waals surface area contributed by atoms with Gasteiger partial charge in [-0.05, 0) is 67.4 Å². The molecule has 2 aromatic carbocycles. The number of carbonyl (C=O) groups is 1. The SMILES string of the molecule is CCNC(=O)CCNCCCn1c(-c2ccc(OC(F)(F)F)cc2)cs/c1=N\Cc1ccc(Cl)cc1. The first-order chi connectivity index (χ1) is 17.2. The largest absolute Gasteiger partial charge is 0.573 e. The second-order valence-corrected chi connectivity index (χ2v) is 9.15. The predicted molar refractivity (Wildman–Crippen MR) is 136 cm³/mol. The van der Waals surface area contributed by atoms with Crippen molar-refractivity contribution in [2.45, 2.75) is 39.2 Å². The summed E-state index contributed by atoms with van der Waals surface area (Å²) < 4.78 is 43.6. The quantitative estimate of drug-likeness (QED) is 0.303. The van der Waals surface area contributed by atoms with E-state index in [9.17, 15) is 18.0 Å². The van der Waals surface area contributed by atoms with Crippen LogP contribution in [-0.2, 0) is 17.9 Å². The van der Waals surface area contributed by atoms with E-state index in [1.807, 2.05) is 36.6 Å². The number of aromatic nitrogens is 1. The zero-order chi connectivity index (χ0) is 26.0. The summed E-state index contributed by atoms with van der Waals surface area (Å²) in [5.74, 6) is -0.252. The van der Waals surface area contributed by atoms with Gasteiger partial charge in [0.1, 0.15) is 5.75 Å². The molecule has 0 aliphatic rings. The fourth-order valence-electron chi connectivity index (χ4n) is 3.45. The van der Waals surface area contributed by atoms with E-state index in [-0.39, 0.29) is 11.7 Å². The molecule has 11 heteroatoms. The number of alkyl halides is 3. The maximum absolute atomic E-state index is 12.5. The van der Waals surface area contributed by atoms with Crippen LogP contribution in [0.25, 0.3) is 11.3 Å². The van der Waals surface area contributed by atoms with Gasteiger partial charge in [0.05, 0.1) is 12.2 Å². The van der Waals surface area contributed by atoms with Crippen molar-refractivity contribution in [3.8, 4) is 17.0 Å². The van der Waals surface area contributed by atoms with Gasteiger partial charge < -0.3 is 19.9 Å². The van der Waals surface area contributed by atoms with Crippen molar-refractivity contribution in [2.75, 3.05) is 19.6 Å². The first kappa shape index (κ1) is 27.8. The molecule has 0 fully saturated rings. The average molecular weight is 541 g/mol. The minimum atomic E-state index is -4.73. The predicted octanol–water partition coefficient (Wildman–Crippen LogP) is 5.38. The van der Waals surface area contributed by atoms with Crippen molar-refractivity contribution in [3.63, 3.8) is 0 Å². The second kappa shape index (κ2) is 13.5. The summed E-state index contributed by atoms with van der Waals surface area (Å²) in [6, 6.07) is 13.3. The Morgan fingerprint density at radius 1 is 1.11 bits per heavy atom.